The van der Waals surface area contributed by atoms with Crippen LogP contribution in [-0.4, -0.2) is 26.8 Å². The van der Waals surface area contributed by atoms with Gasteiger partial charge >= 0.3 is 0 Å². The van der Waals surface area contributed by atoms with E-state index in [1.165, 1.54) is 34.5 Å². The van der Waals surface area contributed by atoms with Gasteiger partial charge in [0.2, 0.25) is 5.91 Å². The summed E-state index contributed by atoms with van der Waals surface area (Å²) in [5, 5.41) is 11.5. The van der Waals surface area contributed by atoms with Crippen molar-refractivity contribution in [2.24, 2.45) is 11.7 Å². The number of amides is 1. The summed E-state index contributed by atoms with van der Waals surface area (Å²) in [5.74, 6) is 1.41. The van der Waals surface area contributed by atoms with Crippen molar-refractivity contribution in [3.63, 3.8) is 0 Å². The summed E-state index contributed by atoms with van der Waals surface area (Å²) in [6, 6.07) is 0. The van der Waals surface area contributed by atoms with Crippen molar-refractivity contribution in [1.82, 2.24) is 15.2 Å². The van der Waals surface area contributed by atoms with Gasteiger partial charge in [-0.3, -0.25) is 4.79 Å². The third-order valence-corrected chi connectivity index (χ3v) is 6.81. The number of aryl methyl sites for hydroxylation is 1. The van der Waals surface area contributed by atoms with E-state index in [1.54, 1.807) is 23.1 Å². The lowest BCUT2D eigenvalue weighted by atomic mass is 10.1. The Labute approximate surface area is 146 Å². The molecule has 0 spiro atoms. The molecule has 0 atom stereocenters. The minimum atomic E-state index is -0.342. The molecule has 2 heterocycles. The van der Waals surface area contributed by atoms with Crippen LogP contribution in [0.15, 0.2) is 14.1 Å². The van der Waals surface area contributed by atoms with E-state index in [2.05, 4.69) is 34.4 Å². The topological polar surface area (TPSA) is 81.8 Å². The first-order chi connectivity index (χ1) is 10.5. The number of nitrogens with zero attached hydrogens (tertiary/aromatic N) is 3. The van der Waals surface area contributed by atoms with Crippen molar-refractivity contribution in [2.75, 3.05) is 5.75 Å². The Bertz CT molecular complexity index is 611. The van der Waals surface area contributed by atoms with Crippen LogP contribution >= 0.6 is 46.2 Å². The fourth-order valence-electron chi connectivity index (χ4n) is 1.52. The van der Waals surface area contributed by atoms with Gasteiger partial charge in [0.05, 0.1) is 16.5 Å². The molecule has 2 N–H and O–H groups in total. The van der Waals surface area contributed by atoms with Crippen LogP contribution < -0.4 is 5.73 Å². The fourth-order valence-corrected chi connectivity index (χ4v) is 5.10. The number of carbonyl (C=O) groups excluding carboxylic acids is 1. The van der Waals surface area contributed by atoms with Crippen LogP contribution in [0.4, 0.5) is 0 Å². The Morgan fingerprint density at radius 3 is 2.73 bits per heavy atom. The molecule has 2 aromatic rings. The second-order valence-electron chi connectivity index (χ2n) is 5.04. The molecule has 0 radical (unpaired) electrons. The van der Waals surface area contributed by atoms with Gasteiger partial charge in [0.25, 0.3) is 0 Å². The zero-order valence-electron chi connectivity index (χ0n) is 12.4. The van der Waals surface area contributed by atoms with Gasteiger partial charge in [0.15, 0.2) is 8.68 Å². The monoisotopic (exact) mass is 374 g/mol. The number of hydrogen-bond acceptors (Lipinski definition) is 8. The first kappa shape index (κ1) is 17.7. The molecule has 0 saturated carbocycles. The Morgan fingerprint density at radius 2 is 2.05 bits per heavy atom. The number of nitrogens with two attached hydrogens (primary N) is 1. The van der Waals surface area contributed by atoms with E-state index in [0.717, 1.165) is 26.5 Å². The quantitative estimate of drug-likeness (QED) is 0.677. The Balaban J connectivity index is 1.79. The van der Waals surface area contributed by atoms with Gasteiger partial charge in [-0.25, -0.2) is 4.98 Å². The number of aromatic nitrogens is 3. The van der Waals surface area contributed by atoms with Crippen LogP contribution in [0, 0.1) is 5.92 Å². The van der Waals surface area contributed by atoms with Gasteiger partial charge < -0.3 is 5.73 Å². The molecule has 1 amide bonds. The van der Waals surface area contributed by atoms with Gasteiger partial charge in [-0.15, -0.1) is 21.5 Å². The molecule has 22 heavy (non-hydrogen) atoms. The number of rotatable bonds is 9. The SMILES string of the molecule is CC(C)CCc1nc(CSc2nnc(SCC(N)=O)s2)cs1. The van der Waals surface area contributed by atoms with E-state index in [9.17, 15) is 4.79 Å². The van der Waals surface area contributed by atoms with Crippen LogP contribution in [0.25, 0.3) is 0 Å². The number of thioether (sulfide) groups is 2. The molecule has 0 aromatic carbocycles. The minimum absolute atomic E-state index is 0.241. The summed E-state index contributed by atoms with van der Waals surface area (Å²) in [6.07, 6.45) is 2.23. The minimum Gasteiger partial charge on any atom is -0.369 e. The summed E-state index contributed by atoms with van der Waals surface area (Å²) >= 11 is 6.17. The summed E-state index contributed by atoms with van der Waals surface area (Å²) in [6.45, 7) is 4.46. The first-order valence-corrected chi connectivity index (χ1v) is 10.5. The highest BCUT2D eigenvalue weighted by atomic mass is 32.2. The molecule has 2 aromatic heterocycles. The van der Waals surface area contributed by atoms with Crippen molar-refractivity contribution in [2.45, 2.75) is 41.1 Å². The summed E-state index contributed by atoms with van der Waals surface area (Å²) in [7, 11) is 0. The van der Waals surface area contributed by atoms with Gasteiger partial charge in [-0.2, -0.15) is 0 Å². The van der Waals surface area contributed by atoms with Gasteiger partial charge in [-0.05, 0) is 18.8 Å². The maximum Gasteiger partial charge on any atom is 0.227 e. The lowest BCUT2D eigenvalue weighted by molar-refractivity contribution is -0.115. The standard InChI is InChI=1S/C13H18N4OS4/c1-8(2)3-4-11-15-9(5-19-11)6-20-12-16-17-13(22-12)21-7-10(14)18/h5,8H,3-4,6-7H2,1-2H3,(H2,14,18). The molecule has 2 rings (SSSR count). The molecule has 0 aliphatic carbocycles. The molecular weight excluding hydrogens is 356 g/mol. The van der Waals surface area contributed by atoms with Crippen molar-refractivity contribution >= 4 is 52.1 Å². The highest BCUT2D eigenvalue weighted by Gasteiger charge is 2.09. The maximum absolute atomic E-state index is 10.7. The van der Waals surface area contributed by atoms with Crippen molar-refractivity contribution in [3.05, 3.63) is 16.1 Å². The zero-order chi connectivity index (χ0) is 15.9. The van der Waals surface area contributed by atoms with E-state index in [-0.39, 0.29) is 11.7 Å². The van der Waals surface area contributed by atoms with Gasteiger partial charge in [0.1, 0.15) is 0 Å². The molecular formula is C13H18N4OS4. The van der Waals surface area contributed by atoms with E-state index in [1.807, 2.05) is 0 Å². The molecule has 5 nitrogen and oxygen atoms in total. The maximum atomic E-state index is 10.7. The molecule has 9 heteroatoms. The average molecular weight is 375 g/mol. The lowest BCUT2D eigenvalue weighted by Gasteiger charge is -2.00. The smallest absolute Gasteiger partial charge is 0.227 e. The Hall–Kier alpha value is -0.640. The fraction of sp³-hybridized carbons (Fsp3) is 0.538. The zero-order valence-corrected chi connectivity index (χ0v) is 15.7. The molecule has 0 bridgehead atoms. The average Bonchev–Trinajstić information content (AvgIpc) is 3.10. The first-order valence-electron chi connectivity index (χ1n) is 6.83. The van der Waals surface area contributed by atoms with Crippen molar-refractivity contribution in [1.29, 1.82) is 0 Å². The van der Waals surface area contributed by atoms with Crippen LogP contribution in [0.5, 0.6) is 0 Å². The van der Waals surface area contributed by atoms with E-state index >= 15 is 0 Å². The van der Waals surface area contributed by atoms with Crippen LogP contribution in [0.3, 0.4) is 0 Å². The number of carbonyl (C=O) groups is 1. The molecule has 0 unspecified atom stereocenters. The van der Waals surface area contributed by atoms with Gasteiger partial charge in [0, 0.05) is 11.1 Å². The summed E-state index contributed by atoms with van der Waals surface area (Å²) in [5.41, 5.74) is 6.20. The van der Waals surface area contributed by atoms with Crippen LogP contribution in [0.2, 0.25) is 0 Å². The predicted octanol–water partition coefficient (Wildman–Crippen LogP) is 3.45. The second kappa shape index (κ2) is 8.85. The molecule has 0 fully saturated rings. The van der Waals surface area contributed by atoms with Crippen molar-refractivity contribution < 1.29 is 4.79 Å². The number of primary amides is 1. The van der Waals surface area contributed by atoms with Crippen molar-refractivity contribution in [3.8, 4) is 0 Å². The van der Waals surface area contributed by atoms with E-state index in [4.69, 9.17) is 5.73 Å². The normalized spacial score (nSPS) is 11.2. The van der Waals surface area contributed by atoms with Crippen LogP contribution in [0.1, 0.15) is 31.0 Å². The third-order valence-electron chi connectivity index (χ3n) is 2.60. The number of hydrogen-bond donors (Lipinski definition) is 1. The van der Waals surface area contributed by atoms with E-state index < -0.39 is 0 Å². The highest BCUT2D eigenvalue weighted by Crippen LogP contribution is 2.30. The summed E-state index contributed by atoms with van der Waals surface area (Å²) < 4.78 is 1.67. The highest BCUT2D eigenvalue weighted by molar-refractivity contribution is 8.03. The molecule has 0 aliphatic heterocycles. The Morgan fingerprint density at radius 1 is 1.32 bits per heavy atom. The number of thiazole rings is 1. The third kappa shape index (κ3) is 6.23. The second-order valence-corrected chi connectivity index (χ2v) is 9.41. The molecule has 0 saturated heterocycles. The van der Waals surface area contributed by atoms with Crippen LogP contribution in [-0.2, 0) is 17.0 Å². The molecule has 0 aliphatic rings. The predicted molar refractivity (Wildman–Crippen MR) is 94.7 cm³/mol. The van der Waals surface area contributed by atoms with Gasteiger partial charge in [-0.1, -0.05) is 48.7 Å². The summed E-state index contributed by atoms with van der Waals surface area (Å²) in [4.78, 5) is 15.4. The van der Waals surface area contributed by atoms with E-state index in [0.29, 0.717) is 5.92 Å². The largest absolute Gasteiger partial charge is 0.369 e. The molecule has 120 valence electrons. The lowest BCUT2D eigenvalue weighted by Crippen LogP contribution is -2.12. The Kier molecular flexibility index (Phi) is 7.13.